The predicted octanol–water partition coefficient (Wildman–Crippen LogP) is 6.40. The molecule has 5 rings (SSSR count). The Morgan fingerprint density at radius 1 is 0.912 bits per heavy atom. The van der Waals surface area contributed by atoms with Crippen LogP contribution in [0.1, 0.15) is 110 Å². The van der Waals surface area contributed by atoms with Gasteiger partial charge in [0.15, 0.2) is 5.78 Å². The number of carbonyl (C=O) groups excluding carboxylic acids is 4. The molecule has 57 heavy (non-hydrogen) atoms. The van der Waals surface area contributed by atoms with Crippen molar-refractivity contribution in [1.29, 1.82) is 0 Å². The minimum Gasteiger partial charge on any atom is -0.379 e. The fourth-order valence-electron chi connectivity index (χ4n) is 10.3. The summed E-state index contributed by atoms with van der Waals surface area (Å²) in [5.41, 5.74) is 1.11. The molecule has 3 fully saturated rings. The molecule has 11 atom stereocenters. The lowest BCUT2D eigenvalue weighted by Gasteiger charge is -2.41. The lowest BCUT2D eigenvalue weighted by Crippen LogP contribution is -2.54. The molecule has 3 aliphatic rings. The lowest BCUT2D eigenvalue weighted by molar-refractivity contribution is -0.149. The van der Waals surface area contributed by atoms with E-state index >= 15 is 0 Å². The number of methoxy groups -OCH3 is 2. The summed E-state index contributed by atoms with van der Waals surface area (Å²) in [4.78, 5) is 71.6. The monoisotopic (exact) mass is 788 g/mol. The zero-order valence-corrected chi connectivity index (χ0v) is 36.0. The van der Waals surface area contributed by atoms with E-state index in [4.69, 9.17) is 9.47 Å². The van der Waals surface area contributed by atoms with E-state index in [0.29, 0.717) is 30.7 Å². The molecule has 3 heterocycles. The summed E-state index contributed by atoms with van der Waals surface area (Å²) >= 11 is 0. The Labute approximate surface area is 341 Å². The van der Waals surface area contributed by atoms with Crippen molar-refractivity contribution in [2.24, 2.45) is 29.6 Å². The molecule has 1 saturated carbocycles. The largest absolute Gasteiger partial charge is 0.379 e. The second-order valence-corrected chi connectivity index (χ2v) is 17.6. The first-order valence-corrected chi connectivity index (χ1v) is 21.5. The van der Waals surface area contributed by atoms with Crippen molar-refractivity contribution in [2.45, 2.75) is 141 Å². The van der Waals surface area contributed by atoms with E-state index in [1.54, 1.807) is 37.6 Å². The molecule has 0 spiro atoms. The van der Waals surface area contributed by atoms with Crippen molar-refractivity contribution in [2.75, 3.05) is 34.9 Å². The fourth-order valence-corrected chi connectivity index (χ4v) is 10.3. The van der Waals surface area contributed by atoms with Crippen LogP contribution in [0, 0.1) is 29.6 Å². The first-order valence-electron chi connectivity index (χ1n) is 21.5. The van der Waals surface area contributed by atoms with Crippen LogP contribution in [-0.4, -0.2) is 119 Å². The number of likely N-dealkylation sites (N-methyl/N-ethyl adjacent to an activating group) is 2. The first-order chi connectivity index (χ1) is 27.3. The molecule has 2 saturated heterocycles. The molecule has 314 valence electrons. The van der Waals surface area contributed by atoms with Gasteiger partial charge in [0.05, 0.1) is 36.8 Å². The lowest BCUT2D eigenvalue weighted by atomic mass is 9.83. The molecule has 2 bridgehead atoms. The molecule has 2 aliphatic heterocycles. The van der Waals surface area contributed by atoms with E-state index in [-0.39, 0.29) is 78.5 Å². The molecule has 2 aromatic rings. The molecular formula is C46H69N5O6. The van der Waals surface area contributed by atoms with Crippen molar-refractivity contribution in [3.8, 4) is 0 Å². The van der Waals surface area contributed by atoms with Crippen LogP contribution in [0.15, 0.2) is 48.8 Å². The molecule has 11 nitrogen and oxygen atoms in total. The van der Waals surface area contributed by atoms with Crippen molar-refractivity contribution in [1.82, 2.24) is 24.7 Å². The van der Waals surface area contributed by atoms with Gasteiger partial charge in [-0.15, -0.1) is 0 Å². The second-order valence-electron chi connectivity index (χ2n) is 17.6. The number of hydrogen-bond donors (Lipinski definition) is 0. The number of rotatable bonds is 21. The van der Waals surface area contributed by atoms with Gasteiger partial charge in [-0.3, -0.25) is 24.1 Å². The third-order valence-electron chi connectivity index (χ3n) is 13.9. The number of hydrogen-bond acceptors (Lipinski definition) is 9. The van der Waals surface area contributed by atoms with Crippen LogP contribution >= 0.6 is 0 Å². The number of benzene rings is 1. The van der Waals surface area contributed by atoms with E-state index in [2.05, 4.69) is 47.9 Å². The Morgan fingerprint density at radius 2 is 1.61 bits per heavy atom. The van der Waals surface area contributed by atoms with Crippen LogP contribution in [0.25, 0.3) is 0 Å². The number of ketones is 2. The number of Topliss-reactive ketones (excluding diaryl/α,β-unsaturated/α-hetero) is 2. The summed E-state index contributed by atoms with van der Waals surface area (Å²) in [5, 5.41) is 0. The SMILES string of the molecule is CC[C@H](C)[C@@H]([C@@H](CC(=O)N1CCC[C@H]1[C@H](OC)[C@@H](C)C(=O)C[C@@H](Cc1ccccc1)c1ncccn1)OC)N(C)C(=O)[C@@H](CC(=O)[C@@H]1[C@H]2CC[C@H](C2)N1C)C(C)C. The zero-order chi connectivity index (χ0) is 41.4. The van der Waals surface area contributed by atoms with Crippen molar-refractivity contribution in [3.05, 3.63) is 60.2 Å². The van der Waals surface area contributed by atoms with Gasteiger partial charge in [0, 0.05) is 76.8 Å². The van der Waals surface area contributed by atoms with Crippen LogP contribution in [0.5, 0.6) is 0 Å². The highest BCUT2D eigenvalue weighted by Crippen LogP contribution is 2.42. The van der Waals surface area contributed by atoms with Gasteiger partial charge in [0.1, 0.15) is 11.6 Å². The number of carbonyl (C=O) groups is 4. The van der Waals surface area contributed by atoms with Crippen molar-refractivity contribution >= 4 is 23.4 Å². The minimum absolute atomic E-state index is 0.0251. The average Bonchev–Trinajstić information content (AvgIpc) is 3.97. The van der Waals surface area contributed by atoms with E-state index in [9.17, 15) is 19.2 Å². The van der Waals surface area contributed by atoms with E-state index < -0.39 is 24.0 Å². The Bertz CT molecular complexity index is 1620. The van der Waals surface area contributed by atoms with Crippen LogP contribution in [0.2, 0.25) is 0 Å². The van der Waals surface area contributed by atoms with Gasteiger partial charge in [-0.2, -0.15) is 0 Å². The van der Waals surface area contributed by atoms with Crippen LogP contribution in [0.4, 0.5) is 0 Å². The van der Waals surface area contributed by atoms with Gasteiger partial charge in [-0.05, 0) is 75.0 Å². The average molecular weight is 788 g/mol. The highest BCUT2D eigenvalue weighted by Gasteiger charge is 2.48. The Kier molecular flexibility index (Phi) is 16.0. The smallest absolute Gasteiger partial charge is 0.226 e. The van der Waals surface area contributed by atoms with Gasteiger partial charge in [-0.25, -0.2) is 9.97 Å². The van der Waals surface area contributed by atoms with Gasteiger partial charge < -0.3 is 19.3 Å². The summed E-state index contributed by atoms with van der Waals surface area (Å²) in [5.74, 6) is -0.0194. The standard InChI is InChI=1S/C46H69N5O6/c1-10-30(4)42(50(7)46(55)36(29(2)3)27-39(53)43-33-19-20-35(25-33)49(43)6)40(56-8)28-41(54)51-23-14-18-37(51)44(57-9)31(5)38(52)26-34(45-47-21-15-22-48-45)24-32-16-12-11-13-17-32/h11-13,15-17,21-22,29-31,33-37,40,42-44H,10,14,18-20,23-28H2,1-9H3/t30-,31-,33-,34+,35+,36-,37-,40+,42-,43-,44+/m0/s1. The molecule has 0 N–H and O–H groups in total. The third kappa shape index (κ3) is 10.4. The maximum absolute atomic E-state index is 14.4. The molecular weight excluding hydrogens is 719 g/mol. The van der Waals surface area contributed by atoms with Crippen LogP contribution < -0.4 is 0 Å². The molecule has 1 aliphatic carbocycles. The van der Waals surface area contributed by atoms with Gasteiger partial charge in [0.25, 0.3) is 0 Å². The van der Waals surface area contributed by atoms with Crippen molar-refractivity contribution in [3.63, 3.8) is 0 Å². The molecule has 0 radical (unpaired) electrons. The molecule has 11 heteroatoms. The number of piperidine rings is 1. The molecule has 1 aromatic carbocycles. The summed E-state index contributed by atoms with van der Waals surface area (Å²) in [6.45, 7) is 10.7. The minimum atomic E-state index is -0.562. The predicted molar refractivity (Wildman–Crippen MR) is 221 cm³/mol. The van der Waals surface area contributed by atoms with Crippen LogP contribution in [-0.2, 0) is 35.1 Å². The maximum atomic E-state index is 14.4. The van der Waals surface area contributed by atoms with E-state index in [0.717, 1.165) is 44.1 Å². The van der Waals surface area contributed by atoms with Gasteiger partial charge >= 0.3 is 0 Å². The van der Waals surface area contributed by atoms with Crippen molar-refractivity contribution < 1.29 is 28.7 Å². The number of ether oxygens (including phenoxy) is 2. The molecule has 2 amide bonds. The second kappa shape index (κ2) is 20.4. The fraction of sp³-hybridized carbons (Fsp3) is 0.696. The van der Waals surface area contributed by atoms with Gasteiger partial charge in [-0.1, -0.05) is 71.4 Å². The van der Waals surface area contributed by atoms with E-state index in [1.165, 1.54) is 0 Å². The number of aromatic nitrogens is 2. The Hall–Kier alpha value is -3.54. The normalized spacial score (nSPS) is 24.5. The number of nitrogens with zero attached hydrogens (tertiary/aromatic N) is 5. The summed E-state index contributed by atoms with van der Waals surface area (Å²) in [6, 6.07) is 11.6. The molecule has 1 aromatic heterocycles. The topological polar surface area (TPSA) is 122 Å². The first kappa shape index (κ1) is 44.6. The van der Waals surface area contributed by atoms with E-state index in [1.807, 2.05) is 50.9 Å². The maximum Gasteiger partial charge on any atom is 0.226 e. The highest BCUT2D eigenvalue weighted by atomic mass is 16.5. The third-order valence-corrected chi connectivity index (χ3v) is 13.9. The summed E-state index contributed by atoms with van der Waals surface area (Å²) in [7, 11) is 7.12. The number of likely N-dealkylation sites (tertiary alicyclic amines) is 2. The summed E-state index contributed by atoms with van der Waals surface area (Å²) < 4.78 is 12.2. The highest BCUT2D eigenvalue weighted by molar-refractivity contribution is 5.90. The quantitative estimate of drug-likeness (QED) is 0.142. The van der Waals surface area contributed by atoms with Gasteiger partial charge in [0.2, 0.25) is 11.8 Å². The zero-order valence-electron chi connectivity index (χ0n) is 36.0. The number of amides is 2. The summed E-state index contributed by atoms with van der Waals surface area (Å²) in [6.07, 6.45) is 9.19. The van der Waals surface area contributed by atoms with Crippen LogP contribution in [0.3, 0.4) is 0 Å². The Morgan fingerprint density at radius 3 is 2.21 bits per heavy atom. The number of fused-ring (bicyclic) bond motifs is 2. The molecule has 0 unspecified atom stereocenters. The Balaban J connectivity index is 1.27.